The predicted octanol–water partition coefficient (Wildman–Crippen LogP) is 1.51. The van der Waals surface area contributed by atoms with Crippen LogP contribution >= 0.6 is 0 Å². The van der Waals surface area contributed by atoms with Gasteiger partial charge in [0, 0.05) is 18.8 Å². The van der Waals surface area contributed by atoms with E-state index in [9.17, 15) is 13.2 Å². The predicted molar refractivity (Wildman–Crippen MR) is 88.7 cm³/mol. The third kappa shape index (κ3) is 3.91. The van der Waals surface area contributed by atoms with E-state index in [1.165, 1.54) is 4.31 Å². The van der Waals surface area contributed by atoms with Crippen molar-refractivity contribution in [1.82, 2.24) is 9.21 Å². The number of anilines is 1. The van der Waals surface area contributed by atoms with E-state index in [0.29, 0.717) is 25.3 Å². The lowest BCUT2D eigenvalue weighted by atomic mass is 10.3. The van der Waals surface area contributed by atoms with Crippen LogP contribution in [0.4, 0.5) is 5.69 Å². The van der Waals surface area contributed by atoms with Gasteiger partial charge >= 0.3 is 0 Å². The molecule has 0 atom stereocenters. The van der Waals surface area contributed by atoms with Gasteiger partial charge in [0.05, 0.1) is 11.4 Å². The number of benzene rings is 1. The molecule has 6 nitrogen and oxygen atoms in total. The molecule has 1 aromatic carbocycles. The Bertz CT molecular complexity index is 646. The summed E-state index contributed by atoms with van der Waals surface area (Å²) in [7, 11) is -3.39. The third-order valence-electron chi connectivity index (χ3n) is 4.41. The van der Waals surface area contributed by atoms with E-state index >= 15 is 0 Å². The van der Waals surface area contributed by atoms with Crippen molar-refractivity contribution in [1.29, 1.82) is 0 Å². The molecule has 23 heavy (non-hydrogen) atoms. The standard InChI is InChI=1S/C16H23N3O3S/c20-16(13-18-9-1-2-10-18)17-14-5-7-15(8-6-14)23(21,22)19-11-3-4-12-19/h5-8H,1-4,9-13H2,(H,17,20). The number of hydrogen-bond acceptors (Lipinski definition) is 4. The maximum atomic E-state index is 12.4. The van der Waals surface area contributed by atoms with Crippen LogP contribution in [0.1, 0.15) is 25.7 Å². The van der Waals surface area contributed by atoms with E-state index in [4.69, 9.17) is 0 Å². The average molecular weight is 337 g/mol. The second-order valence-corrected chi connectivity index (χ2v) is 8.10. The minimum Gasteiger partial charge on any atom is -0.325 e. The first kappa shape index (κ1) is 16.4. The molecule has 2 heterocycles. The number of nitrogens with zero attached hydrogens (tertiary/aromatic N) is 2. The van der Waals surface area contributed by atoms with E-state index in [2.05, 4.69) is 10.2 Å². The summed E-state index contributed by atoms with van der Waals surface area (Å²) in [5.41, 5.74) is 0.634. The molecule has 2 fully saturated rings. The molecular weight excluding hydrogens is 314 g/mol. The molecule has 0 bridgehead atoms. The highest BCUT2D eigenvalue weighted by Gasteiger charge is 2.27. The number of nitrogens with one attached hydrogen (secondary N) is 1. The monoisotopic (exact) mass is 337 g/mol. The molecule has 2 aliphatic heterocycles. The fourth-order valence-corrected chi connectivity index (χ4v) is 4.65. The zero-order valence-electron chi connectivity index (χ0n) is 13.2. The molecule has 0 unspecified atom stereocenters. The highest BCUT2D eigenvalue weighted by molar-refractivity contribution is 7.89. The van der Waals surface area contributed by atoms with Crippen LogP contribution in [-0.4, -0.2) is 56.3 Å². The van der Waals surface area contributed by atoms with E-state index in [1.807, 2.05) is 0 Å². The first-order valence-electron chi connectivity index (χ1n) is 8.18. The Morgan fingerprint density at radius 1 is 0.957 bits per heavy atom. The topological polar surface area (TPSA) is 69.7 Å². The van der Waals surface area contributed by atoms with Gasteiger partial charge in [-0.1, -0.05) is 0 Å². The van der Waals surface area contributed by atoms with Crippen LogP contribution in [0.25, 0.3) is 0 Å². The summed E-state index contributed by atoms with van der Waals surface area (Å²) < 4.78 is 26.4. The van der Waals surface area contributed by atoms with E-state index < -0.39 is 10.0 Å². The number of carbonyl (C=O) groups excluding carboxylic acids is 1. The largest absolute Gasteiger partial charge is 0.325 e. The highest BCUT2D eigenvalue weighted by atomic mass is 32.2. The second-order valence-electron chi connectivity index (χ2n) is 6.17. The molecule has 2 aliphatic rings. The summed E-state index contributed by atoms with van der Waals surface area (Å²) in [5, 5.41) is 2.83. The van der Waals surface area contributed by atoms with Gasteiger partial charge < -0.3 is 5.32 Å². The number of carbonyl (C=O) groups is 1. The SMILES string of the molecule is O=C(CN1CCCC1)Nc1ccc(S(=O)(=O)N2CCCC2)cc1. The first-order chi connectivity index (χ1) is 11.1. The lowest BCUT2D eigenvalue weighted by Gasteiger charge is -2.16. The van der Waals surface area contributed by atoms with Crippen LogP contribution in [0.15, 0.2) is 29.2 Å². The zero-order chi connectivity index (χ0) is 16.3. The van der Waals surface area contributed by atoms with Gasteiger partial charge in [-0.15, -0.1) is 0 Å². The summed E-state index contributed by atoms with van der Waals surface area (Å²) in [4.78, 5) is 14.4. The smallest absolute Gasteiger partial charge is 0.243 e. The molecule has 0 spiro atoms. The van der Waals surface area contributed by atoms with Crippen LogP contribution < -0.4 is 5.32 Å². The van der Waals surface area contributed by atoms with Gasteiger partial charge in [0.2, 0.25) is 15.9 Å². The van der Waals surface area contributed by atoms with Gasteiger partial charge in [-0.05, 0) is 63.0 Å². The molecule has 7 heteroatoms. The van der Waals surface area contributed by atoms with Crippen molar-refractivity contribution in [2.45, 2.75) is 30.6 Å². The Morgan fingerprint density at radius 2 is 1.52 bits per heavy atom. The maximum absolute atomic E-state index is 12.4. The molecule has 3 rings (SSSR count). The second kappa shape index (κ2) is 6.98. The lowest BCUT2D eigenvalue weighted by Crippen LogP contribution is -2.31. The minimum atomic E-state index is -3.39. The number of sulfonamides is 1. The number of rotatable bonds is 5. The van der Waals surface area contributed by atoms with Crippen molar-refractivity contribution in [2.24, 2.45) is 0 Å². The van der Waals surface area contributed by atoms with E-state index in [1.54, 1.807) is 24.3 Å². The normalized spacial score (nSPS) is 20.0. The fraction of sp³-hybridized carbons (Fsp3) is 0.562. The van der Waals surface area contributed by atoms with Crippen molar-refractivity contribution >= 4 is 21.6 Å². The Hall–Kier alpha value is -1.44. The molecule has 1 aromatic rings. The van der Waals surface area contributed by atoms with Gasteiger partial charge in [-0.25, -0.2) is 8.42 Å². The molecule has 0 saturated carbocycles. The van der Waals surface area contributed by atoms with Crippen LogP contribution in [0, 0.1) is 0 Å². The van der Waals surface area contributed by atoms with Crippen molar-refractivity contribution in [3.05, 3.63) is 24.3 Å². The molecule has 0 radical (unpaired) electrons. The Morgan fingerprint density at radius 3 is 2.13 bits per heavy atom. The van der Waals surface area contributed by atoms with Gasteiger partial charge in [-0.3, -0.25) is 9.69 Å². The molecular formula is C16H23N3O3S. The summed E-state index contributed by atoms with van der Waals surface area (Å²) >= 11 is 0. The van der Waals surface area contributed by atoms with E-state index in [-0.39, 0.29) is 10.8 Å². The average Bonchev–Trinajstić information content (AvgIpc) is 3.21. The molecule has 1 amide bonds. The summed E-state index contributed by atoms with van der Waals surface area (Å²) in [5.74, 6) is -0.0537. The van der Waals surface area contributed by atoms with Gasteiger partial charge in [-0.2, -0.15) is 4.31 Å². The van der Waals surface area contributed by atoms with Gasteiger partial charge in [0.15, 0.2) is 0 Å². The van der Waals surface area contributed by atoms with Crippen molar-refractivity contribution in [3.8, 4) is 0 Å². The summed E-state index contributed by atoms with van der Waals surface area (Å²) in [6.45, 7) is 3.53. The number of amides is 1. The van der Waals surface area contributed by atoms with Crippen LogP contribution in [0.2, 0.25) is 0 Å². The van der Waals surface area contributed by atoms with Crippen molar-refractivity contribution in [2.75, 3.05) is 38.0 Å². The Labute approximate surface area is 137 Å². The first-order valence-corrected chi connectivity index (χ1v) is 9.62. The van der Waals surface area contributed by atoms with Crippen molar-refractivity contribution in [3.63, 3.8) is 0 Å². The molecule has 1 N–H and O–H groups in total. The molecule has 2 saturated heterocycles. The molecule has 0 aromatic heterocycles. The fourth-order valence-electron chi connectivity index (χ4n) is 3.13. The molecule has 126 valence electrons. The quantitative estimate of drug-likeness (QED) is 0.884. The Kier molecular flexibility index (Phi) is 4.99. The van der Waals surface area contributed by atoms with Gasteiger partial charge in [0.1, 0.15) is 0 Å². The van der Waals surface area contributed by atoms with Crippen LogP contribution in [0.5, 0.6) is 0 Å². The highest BCUT2D eigenvalue weighted by Crippen LogP contribution is 2.22. The maximum Gasteiger partial charge on any atom is 0.243 e. The third-order valence-corrected chi connectivity index (χ3v) is 6.32. The summed E-state index contributed by atoms with van der Waals surface area (Å²) in [6, 6.07) is 6.45. The van der Waals surface area contributed by atoms with Crippen LogP contribution in [0.3, 0.4) is 0 Å². The summed E-state index contributed by atoms with van der Waals surface area (Å²) in [6.07, 6.45) is 4.14. The lowest BCUT2D eigenvalue weighted by molar-refractivity contribution is -0.117. The van der Waals surface area contributed by atoms with E-state index in [0.717, 1.165) is 38.8 Å². The van der Waals surface area contributed by atoms with Crippen LogP contribution in [-0.2, 0) is 14.8 Å². The minimum absolute atomic E-state index is 0.0537. The number of likely N-dealkylation sites (tertiary alicyclic amines) is 1. The number of hydrogen-bond donors (Lipinski definition) is 1. The van der Waals surface area contributed by atoms with Crippen molar-refractivity contribution < 1.29 is 13.2 Å². The Balaban J connectivity index is 1.61. The molecule has 0 aliphatic carbocycles. The zero-order valence-corrected chi connectivity index (χ0v) is 14.0. The van der Waals surface area contributed by atoms with Gasteiger partial charge in [0.25, 0.3) is 0 Å².